The molecule has 0 saturated carbocycles. The Bertz CT molecular complexity index is 757. The normalized spacial score (nSPS) is 10.2. The van der Waals surface area contributed by atoms with Crippen LogP contribution in [0.3, 0.4) is 0 Å². The van der Waals surface area contributed by atoms with Crippen molar-refractivity contribution in [2.24, 2.45) is 0 Å². The lowest BCUT2D eigenvalue weighted by Crippen LogP contribution is -2.39. The van der Waals surface area contributed by atoms with Crippen molar-refractivity contribution in [3.05, 3.63) is 59.7 Å². The molecule has 0 aliphatic heterocycles. The highest BCUT2D eigenvalue weighted by molar-refractivity contribution is 5.78. The van der Waals surface area contributed by atoms with Crippen molar-refractivity contribution in [1.29, 1.82) is 0 Å². The standard InChI is InChI=1S/C22H28N2O4/c1-17(25)24(14-12-18-4-8-20(27-2)9-5-18)15-13-23-22(26)16-19-6-10-21(28-3)11-7-19/h4-11H,12-16H2,1-3H3,(H,23,26). The second kappa shape index (κ2) is 11.0. The number of nitrogens with one attached hydrogen (secondary N) is 1. The summed E-state index contributed by atoms with van der Waals surface area (Å²) in [6, 6.07) is 15.2. The number of carbonyl (C=O) groups is 2. The molecule has 1 N–H and O–H groups in total. The molecule has 28 heavy (non-hydrogen) atoms. The Kier molecular flexibility index (Phi) is 8.34. The summed E-state index contributed by atoms with van der Waals surface area (Å²) < 4.78 is 10.3. The highest BCUT2D eigenvalue weighted by Gasteiger charge is 2.10. The summed E-state index contributed by atoms with van der Waals surface area (Å²) in [5.74, 6) is 1.51. The van der Waals surface area contributed by atoms with Gasteiger partial charge in [-0.05, 0) is 41.8 Å². The van der Waals surface area contributed by atoms with E-state index in [0.29, 0.717) is 26.1 Å². The van der Waals surface area contributed by atoms with E-state index in [-0.39, 0.29) is 11.8 Å². The largest absolute Gasteiger partial charge is 0.497 e. The van der Waals surface area contributed by atoms with E-state index in [1.54, 1.807) is 26.0 Å². The molecule has 0 saturated heterocycles. The van der Waals surface area contributed by atoms with Crippen molar-refractivity contribution in [3.8, 4) is 11.5 Å². The van der Waals surface area contributed by atoms with Crippen molar-refractivity contribution in [2.75, 3.05) is 33.9 Å². The SMILES string of the molecule is COc1ccc(CCN(CCNC(=O)Cc2ccc(OC)cc2)C(C)=O)cc1. The maximum Gasteiger partial charge on any atom is 0.224 e. The second-order valence-corrected chi connectivity index (χ2v) is 6.48. The summed E-state index contributed by atoms with van der Waals surface area (Å²) in [5, 5.41) is 2.88. The monoisotopic (exact) mass is 384 g/mol. The number of benzene rings is 2. The Balaban J connectivity index is 1.75. The molecule has 0 aromatic heterocycles. The van der Waals surface area contributed by atoms with Gasteiger partial charge in [0.05, 0.1) is 20.6 Å². The lowest BCUT2D eigenvalue weighted by Gasteiger charge is -2.21. The van der Waals surface area contributed by atoms with Crippen molar-refractivity contribution < 1.29 is 19.1 Å². The first-order valence-corrected chi connectivity index (χ1v) is 9.30. The fourth-order valence-corrected chi connectivity index (χ4v) is 2.80. The molecule has 0 aliphatic rings. The molecule has 2 rings (SSSR count). The van der Waals surface area contributed by atoms with E-state index in [1.807, 2.05) is 48.5 Å². The fourth-order valence-electron chi connectivity index (χ4n) is 2.80. The molecule has 150 valence electrons. The Hall–Kier alpha value is -3.02. The van der Waals surface area contributed by atoms with Crippen molar-refractivity contribution in [1.82, 2.24) is 10.2 Å². The highest BCUT2D eigenvalue weighted by atomic mass is 16.5. The minimum Gasteiger partial charge on any atom is -0.497 e. The molecule has 0 bridgehead atoms. The first-order chi connectivity index (χ1) is 13.5. The molecule has 0 atom stereocenters. The first-order valence-electron chi connectivity index (χ1n) is 9.30. The van der Waals surface area contributed by atoms with Gasteiger partial charge in [0.25, 0.3) is 0 Å². The average molecular weight is 384 g/mol. The molecule has 0 unspecified atom stereocenters. The van der Waals surface area contributed by atoms with Gasteiger partial charge in [-0.1, -0.05) is 24.3 Å². The molecule has 0 radical (unpaired) electrons. The van der Waals surface area contributed by atoms with E-state index < -0.39 is 0 Å². The Morgan fingerprint density at radius 1 is 0.857 bits per heavy atom. The lowest BCUT2D eigenvalue weighted by molar-refractivity contribution is -0.129. The van der Waals surface area contributed by atoms with Crippen LogP contribution in [0.5, 0.6) is 11.5 Å². The number of rotatable bonds is 10. The zero-order chi connectivity index (χ0) is 20.4. The summed E-state index contributed by atoms with van der Waals surface area (Å²) >= 11 is 0. The Morgan fingerprint density at radius 3 is 1.89 bits per heavy atom. The number of amides is 2. The molecule has 2 aromatic rings. The van der Waals surface area contributed by atoms with E-state index in [2.05, 4.69) is 5.32 Å². The summed E-state index contributed by atoms with van der Waals surface area (Å²) in [5.41, 5.74) is 2.05. The minimum absolute atomic E-state index is 0.00193. The van der Waals surface area contributed by atoms with E-state index in [9.17, 15) is 9.59 Å². The summed E-state index contributed by atoms with van der Waals surface area (Å²) in [6.07, 6.45) is 1.05. The van der Waals surface area contributed by atoms with Crippen LogP contribution in [0, 0.1) is 0 Å². The highest BCUT2D eigenvalue weighted by Crippen LogP contribution is 2.12. The van der Waals surface area contributed by atoms with Crippen LogP contribution in [-0.4, -0.2) is 50.6 Å². The number of ether oxygens (including phenoxy) is 2. The molecular formula is C22H28N2O4. The van der Waals surface area contributed by atoms with Crippen LogP contribution in [-0.2, 0) is 22.4 Å². The Morgan fingerprint density at radius 2 is 1.39 bits per heavy atom. The van der Waals surface area contributed by atoms with Gasteiger partial charge >= 0.3 is 0 Å². The zero-order valence-electron chi connectivity index (χ0n) is 16.7. The average Bonchev–Trinajstić information content (AvgIpc) is 2.71. The molecule has 2 aromatic carbocycles. The van der Waals surface area contributed by atoms with Crippen molar-refractivity contribution in [2.45, 2.75) is 19.8 Å². The number of nitrogens with zero attached hydrogens (tertiary/aromatic N) is 1. The van der Waals surface area contributed by atoms with Gasteiger partial charge in [0.15, 0.2) is 0 Å². The van der Waals surface area contributed by atoms with E-state index >= 15 is 0 Å². The quantitative estimate of drug-likeness (QED) is 0.683. The number of hydrogen-bond acceptors (Lipinski definition) is 4. The van der Waals surface area contributed by atoms with Crippen LogP contribution in [0.4, 0.5) is 0 Å². The smallest absolute Gasteiger partial charge is 0.224 e. The third-order valence-corrected chi connectivity index (χ3v) is 4.50. The van der Waals surface area contributed by atoms with E-state index in [0.717, 1.165) is 29.0 Å². The summed E-state index contributed by atoms with van der Waals surface area (Å²) in [4.78, 5) is 25.7. The Labute approximate surface area is 166 Å². The maximum absolute atomic E-state index is 12.1. The predicted octanol–water partition coefficient (Wildman–Crippen LogP) is 2.45. The number of methoxy groups -OCH3 is 2. The van der Waals surface area contributed by atoms with Gasteiger partial charge in [0.1, 0.15) is 11.5 Å². The van der Waals surface area contributed by atoms with Crippen LogP contribution in [0.2, 0.25) is 0 Å². The van der Waals surface area contributed by atoms with E-state index in [4.69, 9.17) is 9.47 Å². The summed E-state index contributed by atoms with van der Waals surface area (Å²) in [6.45, 7) is 3.07. The molecule has 6 heteroatoms. The molecule has 6 nitrogen and oxygen atoms in total. The number of carbonyl (C=O) groups excluding carboxylic acids is 2. The maximum atomic E-state index is 12.1. The predicted molar refractivity (Wildman–Crippen MR) is 109 cm³/mol. The van der Waals surface area contributed by atoms with Crippen LogP contribution in [0.25, 0.3) is 0 Å². The van der Waals surface area contributed by atoms with Gasteiger partial charge in [0, 0.05) is 26.6 Å². The van der Waals surface area contributed by atoms with Gasteiger partial charge in [-0.15, -0.1) is 0 Å². The third-order valence-electron chi connectivity index (χ3n) is 4.50. The fraction of sp³-hybridized carbons (Fsp3) is 0.364. The molecule has 0 aliphatic carbocycles. The van der Waals surface area contributed by atoms with Crippen LogP contribution >= 0.6 is 0 Å². The first kappa shape index (κ1) is 21.3. The zero-order valence-corrected chi connectivity index (χ0v) is 16.7. The number of hydrogen-bond donors (Lipinski definition) is 1. The molecule has 0 heterocycles. The van der Waals surface area contributed by atoms with Gasteiger partial charge in [-0.25, -0.2) is 0 Å². The topological polar surface area (TPSA) is 67.9 Å². The minimum atomic E-state index is -0.0659. The lowest BCUT2D eigenvalue weighted by atomic mass is 10.1. The molecule has 2 amide bonds. The van der Waals surface area contributed by atoms with Crippen molar-refractivity contribution >= 4 is 11.8 Å². The summed E-state index contributed by atoms with van der Waals surface area (Å²) in [7, 11) is 3.24. The molecule has 0 fully saturated rings. The van der Waals surface area contributed by atoms with Crippen LogP contribution < -0.4 is 14.8 Å². The van der Waals surface area contributed by atoms with Crippen LogP contribution in [0.1, 0.15) is 18.1 Å². The van der Waals surface area contributed by atoms with E-state index in [1.165, 1.54) is 0 Å². The van der Waals surface area contributed by atoms with Gasteiger partial charge in [-0.2, -0.15) is 0 Å². The van der Waals surface area contributed by atoms with Gasteiger partial charge < -0.3 is 19.7 Å². The molecular weight excluding hydrogens is 356 g/mol. The van der Waals surface area contributed by atoms with Gasteiger partial charge in [-0.3, -0.25) is 9.59 Å². The molecule has 0 spiro atoms. The van der Waals surface area contributed by atoms with Crippen LogP contribution in [0.15, 0.2) is 48.5 Å². The second-order valence-electron chi connectivity index (χ2n) is 6.48. The third kappa shape index (κ3) is 6.95. The van der Waals surface area contributed by atoms with Gasteiger partial charge in [0.2, 0.25) is 11.8 Å². The van der Waals surface area contributed by atoms with Crippen molar-refractivity contribution in [3.63, 3.8) is 0 Å².